The van der Waals surface area contributed by atoms with Gasteiger partial charge in [0.05, 0.1) is 24.8 Å². The molecular weight excluding hydrogens is 396 g/mol. The van der Waals surface area contributed by atoms with Gasteiger partial charge in [-0.3, -0.25) is 9.69 Å². The van der Waals surface area contributed by atoms with Crippen LogP contribution in [0.2, 0.25) is 0 Å². The fourth-order valence-electron chi connectivity index (χ4n) is 3.84. The number of amidine groups is 1. The second kappa shape index (κ2) is 9.39. The first-order valence-electron chi connectivity index (χ1n) is 10.3. The summed E-state index contributed by atoms with van der Waals surface area (Å²) in [5.41, 5.74) is 1.79. The van der Waals surface area contributed by atoms with E-state index in [-0.39, 0.29) is 11.9 Å². The van der Waals surface area contributed by atoms with Crippen LogP contribution in [0.4, 0.5) is 5.69 Å². The maximum atomic E-state index is 13.3. The summed E-state index contributed by atoms with van der Waals surface area (Å²) >= 11 is 1.46. The highest BCUT2D eigenvalue weighted by Gasteiger charge is 2.38. The van der Waals surface area contributed by atoms with Gasteiger partial charge in [0.15, 0.2) is 5.17 Å². The third kappa shape index (κ3) is 4.54. The molecule has 0 N–H and O–H groups in total. The average molecular weight is 423 g/mol. The number of carbonyl (C=O) groups is 1. The van der Waals surface area contributed by atoms with Crippen molar-refractivity contribution in [3.05, 3.63) is 59.0 Å². The van der Waals surface area contributed by atoms with Crippen LogP contribution < -0.4 is 9.47 Å². The number of thioether (sulfide) groups is 1. The lowest BCUT2D eigenvalue weighted by atomic mass is 9.94. The summed E-state index contributed by atoms with van der Waals surface area (Å²) in [6, 6.07) is 15.6. The molecule has 0 atom stereocenters. The smallest absolute Gasteiger partial charge is 0.267 e. The van der Waals surface area contributed by atoms with Crippen LogP contribution in [-0.4, -0.2) is 36.2 Å². The lowest BCUT2D eigenvalue weighted by molar-refractivity contribution is -0.124. The Morgan fingerprint density at radius 2 is 1.53 bits per heavy atom. The molecule has 1 aliphatic carbocycles. The van der Waals surface area contributed by atoms with E-state index in [2.05, 4.69) is 0 Å². The number of aliphatic imine (C=N–C) groups is 1. The first-order valence-corrected chi connectivity index (χ1v) is 11.1. The molecule has 1 amide bonds. The van der Waals surface area contributed by atoms with Gasteiger partial charge in [-0.1, -0.05) is 31.4 Å². The van der Waals surface area contributed by atoms with Gasteiger partial charge in [0, 0.05) is 6.04 Å². The molecule has 30 heavy (non-hydrogen) atoms. The fourth-order valence-corrected chi connectivity index (χ4v) is 4.90. The zero-order chi connectivity index (χ0) is 20.9. The van der Waals surface area contributed by atoms with Gasteiger partial charge in [0.2, 0.25) is 0 Å². The summed E-state index contributed by atoms with van der Waals surface area (Å²) in [7, 11) is 3.29. The van der Waals surface area contributed by atoms with Crippen LogP contribution in [0.1, 0.15) is 37.7 Å². The highest BCUT2D eigenvalue weighted by molar-refractivity contribution is 8.18. The molecule has 0 unspecified atom stereocenters. The Balaban J connectivity index is 1.65. The van der Waals surface area contributed by atoms with E-state index in [1.165, 1.54) is 18.2 Å². The predicted molar refractivity (Wildman–Crippen MR) is 122 cm³/mol. The van der Waals surface area contributed by atoms with Gasteiger partial charge in [-0.25, -0.2) is 4.99 Å². The largest absolute Gasteiger partial charge is 0.497 e. The van der Waals surface area contributed by atoms with Gasteiger partial charge >= 0.3 is 0 Å². The van der Waals surface area contributed by atoms with E-state index < -0.39 is 0 Å². The SMILES string of the molecule is COc1ccc(/C=C2/SC(=Nc3ccc(OC)cc3)N(C3CCCCC3)C2=O)cc1. The summed E-state index contributed by atoms with van der Waals surface area (Å²) in [6.45, 7) is 0. The maximum absolute atomic E-state index is 13.3. The molecule has 2 fully saturated rings. The van der Waals surface area contributed by atoms with Gasteiger partial charge in [-0.05, 0) is 72.6 Å². The van der Waals surface area contributed by atoms with Crippen molar-refractivity contribution >= 4 is 34.6 Å². The number of rotatable bonds is 5. The molecular formula is C24H26N2O3S. The molecule has 6 heteroatoms. The van der Waals surface area contributed by atoms with Gasteiger partial charge in [-0.15, -0.1) is 0 Å². The highest BCUT2D eigenvalue weighted by Crippen LogP contribution is 2.38. The molecule has 5 nitrogen and oxygen atoms in total. The molecule has 156 valence electrons. The van der Waals surface area contributed by atoms with Crippen LogP contribution in [-0.2, 0) is 4.79 Å². The number of amides is 1. The first-order chi connectivity index (χ1) is 14.7. The lowest BCUT2D eigenvalue weighted by Crippen LogP contribution is -2.40. The van der Waals surface area contributed by atoms with Crippen molar-refractivity contribution in [3.63, 3.8) is 0 Å². The minimum absolute atomic E-state index is 0.0509. The van der Waals surface area contributed by atoms with Gasteiger partial charge in [0.25, 0.3) is 5.91 Å². The standard InChI is InChI=1S/C24H26N2O3S/c1-28-20-12-8-17(9-13-20)16-22-23(27)26(19-6-4-3-5-7-19)24(30-22)25-18-10-14-21(29-2)15-11-18/h8-16,19H,3-7H2,1-2H3/b22-16+,25-24?. The molecule has 1 saturated heterocycles. The lowest BCUT2D eigenvalue weighted by Gasteiger charge is -2.30. The van der Waals surface area contributed by atoms with E-state index in [0.717, 1.165) is 53.6 Å². The monoisotopic (exact) mass is 422 g/mol. The molecule has 0 spiro atoms. The van der Waals surface area contributed by atoms with Crippen molar-refractivity contribution in [1.29, 1.82) is 0 Å². The van der Waals surface area contributed by atoms with Crippen LogP contribution in [0.5, 0.6) is 11.5 Å². The average Bonchev–Trinajstić information content (AvgIpc) is 3.10. The second-order valence-corrected chi connectivity index (χ2v) is 8.45. The number of hydrogen-bond donors (Lipinski definition) is 0. The van der Waals surface area contributed by atoms with Crippen molar-refractivity contribution in [1.82, 2.24) is 4.90 Å². The number of nitrogens with zero attached hydrogens (tertiary/aromatic N) is 2. The Hall–Kier alpha value is -2.73. The molecule has 4 rings (SSSR count). The Morgan fingerprint density at radius 1 is 0.933 bits per heavy atom. The van der Waals surface area contributed by atoms with Crippen LogP contribution in [0.15, 0.2) is 58.4 Å². The fraction of sp³-hybridized carbons (Fsp3) is 0.333. The third-order valence-electron chi connectivity index (χ3n) is 5.49. The van der Waals surface area contributed by atoms with Crippen molar-refractivity contribution in [2.45, 2.75) is 38.1 Å². The molecule has 2 aromatic rings. The molecule has 0 radical (unpaired) electrons. The number of ether oxygens (including phenoxy) is 2. The summed E-state index contributed by atoms with van der Waals surface area (Å²) in [5, 5.41) is 0.761. The van der Waals surface area contributed by atoms with Crippen molar-refractivity contribution in [2.24, 2.45) is 4.99 Å². The molecule has 1 saturated carbocycles. The Bertz CT molecular complexity index is 945. The van der Waals surface area contributed by atoms with Crippen molar-refractivity contribution in [3.8, 4) is 11.5 Å². The third-order valence-corrected chi connectivity index (χ3v) is 6.47. The molecule has 1 aliphatic heterocycles. The van der Waals surface area contributed by atoms with E-state index in [0.29, 0.717) is 4.91 Å². The van der Waals surface area contributed by atoms with E-state index in [1.807, 2.05) is 59.5 Å². The Morgan fingerprint density at radius 3 is 2.13 bits per heavy atom. The van der Waals surface area contributed by atoms with Gasteiger partial charge in [0.1, 0.15) is 11.5 Å². The summed E-state index contributed by atoms with van der Waals surface area (Å²) < 4.78 is 10.5. The minimum atomic E-state index is 0.0509. The number of benzene rings is 2. The summed E-state index contributed by atoms with van der Waals surface area (Å²) in [4.78, 5) is 20.8. The Kier molecular flexibility index (Phi) is 6.43. The second-order valence-electron chi connectivity index (χ2n) is 7.44. The predicted octanol–water partition coefficient (Wildman–Crippen LogP) is 5.64. The molecule has 2 aromatic carbocycles. The quantitative estimate of drug-likeness (QED) is 0.585. The molecule has 0 aromatic heterocycles. The van der Waals surface area contributed by atoms with Crippen molar-refractivity contribution in [2.75, 3.05) is 14.2 Å². The maximum Gasteiger partial charge on any atom is 0.267 e. The molecule has 2 aliphatic rings. The number of hydrogen-bond acceptors (Lipinski definition) is 5. The zero-order valence-corrected chi connectivity index (χ0v) is 18.2. The minimum Gasteiger partial charge on any atom is -0.497 e. The van der Waals surface area contributed by atoms with Gasteiger partial charge < -0.3 is 9.47 Å². The Labute approximate surface area is 181 Å². The molecule has 0 bridgehead atoms. The van der Waals surface area contributed by atoms with E-state index in [4.69, 9.17) is 14.5 Å². The van der Waals surface area contributed by atoms with Crippen LogP contribution in [0.3, 0.4) is 0 Å². The van der Waals surface area contributed by atoms with Crippen LogP contribution >= 0.6 is 11.8 Å². The number of carbonyl (C=O) groups excluding carboxylic acids is 1. The van der Waals surface area contributed by atoms with Crippen LogP contribution in [0, 0.1) is 0 Å². The molecule has 1 heterocycles. The first kappa shape index (κ1) is 20.5. The normalized spacial score (nSPS) is 20.2. The number of methoxy groups -OCH3 is 2. The highest BCUT2D eigenvalue weighted by atomic mass is 32.2. The summed E-state index contributed by atoms with van der Waals surface area (Å²) in [6.07, 6.45) is 7.57. The van der Waals surface area contributed by atoms with Crippen molar-refractivity contribution < 1.29 is 14.3 Å². The van der Waals surface area contributed by atoms with E-state index in [9.17, 15) is 4.79 Å². The summed E-state index contributed by atoms with van der Waals surface area (Å²) in [5.74, 6) is 1.64. The topological polar surface area (TPSA) is 51.1 Å². The van der Waals surface area contributed by atoms with Crippen LogP contribution in [0.25, 0.3) is 6.08 Å². The van der Waals surface area contributed by atoms with Gasteiger partial charge in [-0.2, -0.15) is 0 Å². The zero-order valence-electron chi connectivity index (χ0n) is 17.3. The van der Waals surface area contributed by atoms with E-state index in [1.54, 1.807) is 14.2 Å². The van der Waals surface area contributed by atoms with E-state index >= 15 is 0 Å².